The number of H-pyrrole nitrogens is 1. The van der Waals surface area contributed by atoms with Crippen LogP contribution in [0.1, 0.15) is 11.3 Å². The number of sulfonamides is 1. The minimum atomic E-state index is -3.49. The lowest BCUT2D eigenvalue weighted by molar-refractivity contribution is 0.580. The second-order valence-electron chi connectivity index (χ2n) is 3.81. The molecule has 0 spiro atoms. The van der Waals surface area contributed by atoms with E-state index in [4.69, 9.17) is 0 Å². The van der Waals surface area contributed by atoms with Crippen LogP contribution in [0.25, 0.3) is 0 Å². The number of hydrogen-bond donors (Lipinski definition) is 2. The van der Waals surface area contributed by atoms with Crippen molar-refractivity contribution < 1.29 is 8.42 Å². The Bertz CT molecular complexity index is 638. The van der Waals surface area contributed by atoms with Gasteiger partial charge in [-0.25, -0.2) is 18.1 Å². The fraction of sp³-hybridized carbons (Fsp3) is 0.182. The summed E-state index contributed by atoms with van der Waals surface area (Å²) in [5.41, 5.74) is 1.59. The van der Waals surface area contributed by atoms with E-state index in [1.165, 1.54) is 6.33 Å². The summed E-state index contributed by atoms with van der Waals surface area (Å²) in [5, 5.41) is 0. The fourth-order valence-corrected chi connectivity index (χ4v) is 2.76. The molecule has 1 aromatic carbocycles. The van der Waals surface area contributed by atoms with Gasteiger partial charge in [-0.05, 0) is 30.7 Å². The smallest absolute Gasteiger partial charge is 0.240 e. The molecule has 0 saturated carbocycles. The van der Waals surface area contributed by atoms with Crippen molar-refractivity contribution in [3.8, 4) is 0 Å². The van der Waals surface area contributed by atoms with E-state index in [2.05, 4.69) is 30.6 Å². The molecule has 5 nitrogen and oxygen atoms in total. The van der Waals surface area contributed by atoms with Gasteiger partial charge in [0.15, 0.2) is 0 Å². The van der Waals surface area contributed by atoms with E-state index in [-0.39, 0.29) is 11.4 Å². The Morgan fingerprint density at radius 1 is 1.44 bits per heavy atom. The lowest BCUT2D eigenvalue weighted by Gasteiger charge is -2.07. The molecule has 2 N–H and O–H groups in total. The number of imidazole rings is 1. The summed E-state index contributed by atoms with van der Waals surface area (Å²) in [6.07, 6.45) is 3.09. The average Bonchev–Trinajstić information content (AvgIpc) is 2.83. The maximum absolute atomic E-state index is 12.0. The van der Waals surface area contributed by atoms with E-state index in [1.54, 1.807) is 24.4 Å². The summed E-state index contributed by atoms with van der Waals surface area (Å²) in [7, 11) is -3.49. The number of aromatic nitrogens is 2. The van der Waals surface area contributed by atoms with E-state index < -0.39 is 10.0 Å². The zero-order chi connectivity index (χ0) is 13.2. The zero-order valence-corrected chi connectivity index (χ0v) is 12.0. The molecule has 0 amide bonds. The molecule has 96 valence electrons. The van der Waals surface area contributed by atoms with Gasteiger partial charge in [0, 0.05) is 16.4 Å². The zero-order valence-electron chi connectivity index (χ0n) is 9.64. The van der Waals surface area contributed by atoms with Crippen LogP contribution in [0.3, 0.4) is 0 Å². The third kappa shape index (κ3) is 2.98. The first-order valence-corrected chi connectivity index (χ1v) is 7.50. The van der Waals surface area contributed by atoms with Gasteiger partial charge in [0.2, 0.25) is 10.0 Å². The van der Waals surface area contributed by atoms with Crippen LogP contribution in [0.15, 0.2) is 40.1 Å². The third-order valence-corrected chi connectivity index (χ3v) is 4.74. The topological polar surface area (TPSA) is 74.8 Å². The molecule has 1 aromatic heterocycles. The lowest BCUT2D eigenvalue weighted by Crippen LogP contribution is -2.23. The van der Waals surface area contributed by atoms with E-state index in [0.29, 0.717) is 5.69 Å². The molecule has 2 aromatic rings. The SMILES string of the molecule is Cc1cc(S(=O)(=O)NCc2cnc[nH]2)ccc1Br. The second kappa shape index (κ2) is 5.21. The van der Waals surface area contributed by atoms with Gasteiger partial charge in [-0.15, -0.1) is 0 Å². The predicted molar refractivity (Wildman–Crippen MR) is 71.5 cm³/mol. The first kappa shape index (κ1) is 13.3. The maximum atomic E-state index is 12.0. The normalized spacial score (nSPS) is 11.7. The highest BCUT2D eigenvalue weighted by Crippen LogP contribution is 2.19. The number of hydrogen-bond acceptors (Lipinski definition) is 3. The first-order chi connectivity index (χ1) is 8.49. The van der Waals surface area contributed by atoms with Crippen LogP contribution >= 0.6 is 15.9 Å². The molecular weight excluding hydrogens is 318 g/mol. The maximum Gasteiger partial charge on any atom is 0.240 e. The van der Waals surface area contributed by atoms with Crippen molar-refractivity contribution in [2.75, 3.05) is 0 Å². The lowest BCUT2D eigenvalue weighted by atomic mass is 10.2. The van der Waals surface area contributed by atoms with Crippen LogP contribution in [-0.4, -0.2) is 18.4 Å². The van der Waals surface area contributed by atoms with E-state index in [9.17, 15) is 8.42 Å². The average molecular weight is 330 g/mol. The third-order valence-electron chi connectivity index (χ3n) is 2.45. The largest absolute Gasteiger partial charge is 0.347 e. The van der Waals surface area contributed by atoms with Gasteiger partial charge in [0.25, 0.3) is 0 Å². The Kier molecular flexibility index (Phi) is 3.84. The molecule has 1 heterocycles. The molecule has 7 heteroatoms. The van der Waals surface area contributed by atoms with Crippen LogP contribution in [-0.2, 0) is 16.6 Å². The van der Waals surface area contributed by atoms with Crippen LogP contribution in [0.5, 0.6) is 0 Å². The van der Waals surface area contributed by atoms with Crippen molar-refractivity contribution in [2.24, 2.45) is 0 Å². The first-order valence-electron chi connectivity index (χ1n) is 5.22. The number of aromatic amines is 1. The van der Waals surface area contributed by atoms with E-state index in [1.807, 2.05) is 6.92 Å². The van der Waals surface area contributed by atoms with Gasteiger partial charge in [-0.2, -0.15) is 0 Å². The molecule has 18 heavy (non-hydrogen) atoms. The summed E-state index contributed by atoms with van der Waals surface area (Å²) in [5.74, 6) is 0. The molecule has 0 unspecified atom stereocenters. The summed E-state index contributed by atoms with van der Waals surface area (Å²) >= 11 is 3.34. The molecule has 0 saturated heterocycles. The molecule has 0 radical (unpaired) electrons. The molecule has 0 aliphatic rings. The highest BCUT2D eigenvalue weighted by molar-refractivity contribution is 9.10. The summed E-state index contributed by atoms with van der Waals surface area (Å²) in [6.45, 7) is 2.04. The van der Waals surface area contributed by atoms with Gasteiger partial charge in [0.05, 0.1) is 17.8 Å². The Morgan fingerprint density at radius 3 is 2.83 bits per heavy atom. The highest BCUT2D eigenvalue weighted by atomic mass is 79.9. The summed E-state index contributed by atoms with van der Waals surface area (Å²) in [4.78, 5) is 6.91. The van der Waals surface area contributed by atoms with Crippen molar-refractivity contribution >= 4 is 26.0 Å². The number of nitrogens with zero attached hydrogens (tertiary/aromatic N) is 1. The van der Waals surface area contributed by atoms with Gasteiger partial charge in [0.1, 0.15) is 0 Å². The van der Waals surface area contributed by atoms with Crippen LogP contribution in [0, 0.1) is 6.92 Å². The Balaban J connectivity index is 2.17. The van der Waals surface area contributed by atoms with Gasteiger partial charge >= 0.3 is 0 Å². The number of benzene rings is 1. The standard InChI is InChI=1S/C11H12BrN3O2S/c1-8-4-10(2-3-11(8)12)18(16,17)15-6-9-5-13-7-14-9/h2-5,7,15H,6H2,1H3,(H,13,14). The highest BCUT2D eigenvalue weighted by Gasteiger charge is 2.14. The van der Waals surface area contributed by atoms with Crippen LogP contribution < -0.4 is 4.72 Å². The van der Waals surface area contributed by atoms with E-state index >= 15 is 0 Å². The van der Waals surface area contributed by atoms with E-state index in [0.717, 1.165) is 10.0 Å². The minimum absolute atomic E-state index is 0.192. The predicted octanol–water partition coefficient (Wildman–Crippen LogP) is 1.96. The van der Waals surface area contributed by atoms with Crippen molar-refractivity contribution in [3.05, 3.63) is 46.5 Å². The van der Waals surface area contributed by atoms with Crippen molar-refractivity contribution in [2.45, 2.75) is 18.4 Å². The summed E-state index contributed by atoms with van der Waals surface area (Å²) < 4.78 is 27.5. The second-order valence-corrected chi connectivity index (χ2v) is 6.43. The monoisotopic (exact) mass is 329 g/mol. The molecule has 0 atom stereocenters. The molecule has 0 bridgehead atoms. The Morgan fingerprint density at radius 2 is 2.22 bits per heavy atom. The molecule has 0 fully saturated rings. The van der Waals surface area contributed by atoms with Gasteiger partial charge in [-0.3, -0.25) is 0 Å². The van der Waals surface area contributed by atoms with Crippen molar-refractivity contribution in [1.82, 2.24) is 14.7 Å². The van der Waals surface area contributed by atoms with Gasteiger partial charge < -0.3 is 4.98 Å². The summed E-state index contributed by atoms with van der Waals surface area (Å²) in [6, 6.07) is 4.91. The molecule has 0 aliphatic heterocycles. The Hall–Kier alpha value is -1.18. The minimum Gasteiger partial charge on any atom is -0.347 e. The molecule has 2 rings (SSSR count). The van der Waals surface area contributed by atoms with Crippen LogP contribution in [0.4, 0.5) is 0 Å². The number of halogens is 1. The quantitative estimate of drug-likeness (QED) is 0.900. The van der Waals surface area contributed by atoms with Crippen molar-refractivity contribution in [3.63, 3.8) is 0 Å². The number of nitrogens with one attached hydrogen (secondary N) is 2. The molecular formula is C11H12BrN3O2S. The number of aryl methyl sites for hydroxylation is 1. The number of rotatable bonds is 4. The van der Waals surface area contributed by atoms with Crippen molar-refractivity contribution in [1.29, 1.82) is 0 Å². The Labute approximate surface area is 114 Å². The fourth-order valence-electron chi connectivity index (χ4n) is 1.42. The van der Waals surface area contributed by atoms with Crippen LogP contribution in [0.2, 0.25) is 0 Å². The molecule has 0 aliphatic carbocycles. The van der Waals surface area contributed by atoms with Gasteiger partial charge in [-0.1, -0.05) is 15.9 Å².